The fourth-order valence-corrected chi connectivity index (χ4v) is 3.88. The third kappa shape index (κ3) is 2.34. The zero-order valence-corrected chi connectivity index (χ0v) is 12.1. The number of hydrogen-bond donors (Lipinski definition) is 0. The average molecular weight is 292 g/mol. The number of thiophene rings is 2. The molecule has 3 heterocycles. The topological polar surface area (TPSA) is 12.9 Å². The molecule has 3 rings (SSSR count). The van der Waals surface area contributed by atoms with Gasteiger partial charge >= 0.3 is 0 Å². The summed E-state index contributed by atoms with van der Waals surface area (Å²) >= 11 is 9.53. The van der Waals surface area contributed by atoms with E-state index in [1.165, 1.54) is 19.5 Å². The van der Waals surface area contributed by atoms with Crippen molar-refractivity contribution >= 4 is 34.3 Å². The third-order valence-corrected chi connectivity index (χ3v) is 5.14. The van der Waals surface area contributed by atoms with Crippen LogP contribution in [0, 0.1) is 6.92 Å². The molecular weight excluding hydrogens is 282 g/mol. The van der Waals surface area contributed by atoms with Crippen LogP contribution in [0.4, 0.5) is 0 Å². The monoisotopic (exact) mass is 291 g/mol. The van der Waals surface area contributed by atoms with Crippen LogP contribution in [0.5, 0.6) is 0 Å². The lowest BCUT2D eigenvalue weighted by atomic mass is 10.2. The highest BCUT2D eigenvalue weighted by Crippen LogP contribution is 2.37. The minimum atomic E-state index is 0.536. The Morgan fingerprint density at radius 1 is 0.944 bits per heavy atom. The van der Waals surface area contributed by atoms with Crippen molar-refractivity contribution in [3.8, 4) is 20.2 Å². The molecule has 0 aliphatic rings. The zero-order valence-electron chi connectivity index (χ0n) is 9.68. The predicted octanol–water partition coefficient (Wildman–Crippen LogP) is 5.50. The molecule has 18 heavy (non-hydrogen) atoms. The molecule has 3 aromatic rings. The SMILES string of the molecule is Cc1ccc(-c2ccc(-c3ccnc(Cl)c3)s2)s1. The van der Waals surface area contributed by atoms with E-state index in [0.29, 0.717) is 5.15 Å². The van der Waals surface area contributed by atoms with Crippen molar-refractivity contribution < 1.29 is 0 Å². The Balaban J connectivity index is 1.99. The van der Waals surface area contributed by atoms with Gasteiger partial charge in [-0.1, -0.05) is 11.6 Å². The Labute approximate surface area is 119 Å². The van der Waals surface area contributed by atoms with Crippen molar-refractivity contribution in [3.63, 3.8) is 0 Å². The van der Waals surface area contributed by atoms with Crippen molar-refractivity contribution in [2.24, 2.45) is 0 Å². The van der Waals surface area contributed by atoms with Crippen molar-refractivity contribution in [1.29, 1.82) is 0 Å². The zero-order chi connectivity index (χ0) is 12.5. The lowest BCUT2D eigenvalue weighted by molar-refractivity contribution is 1.33. The van der Waals surface area contributed by atoms with Crippen LogP contribution in [0.1, 0.15) is 4.88 Å². The minimum Gasteiger partial charge on any atom is -0.245 e. The molecule has 0 aromatic carbocycles. The van der Waals surface area contributed by atoms with Crippen LogP contribution in [-0.2, 0) is 0 Å². The Morgan fingerprint density at radius 3 is 2.39 bits per heavy atom. The molecule has 0 aliphatic carbocycles. The second-order valence-electron chi connectivity index (χ2n) is 3.94. The van der Waals surface area contributed by atoms with Crippen LogP contribution in [0.25, 0.3) is 20.2 Å². The fraction of sp³-hybridized carbons (Fsp3) is 0.0714. The van der Waals surface area contributed by atoms with Gasteiger partial charge in [-0.25, -0.2) is 4.98 Å². The van der Waals surface area contributed by atoms with Gasteiger partial charge < -0.3 is 0 Å². The summed E-state index contributed by atoms with van der Waals surface area (Å²) in [7, 11) is 0. The van der Waals surface area contributed by atoms with E-state index >= 15 is 0 Å². The molecule has 1 nitrogen and oxygen atoms in total. The number of halogens is 1. The largest absolute Gasteiger partial charge is 0.245 e. The lowest BCUT2D eigenvalue weighted by Gasteiger charge is -1.96. The van der Waals surface area contributed by atoms with Gasteiger partial charge in [0.25, 0.3) is 0 Å². The van der Waals surface area contributed by atoms with Crippen LogP contribution < -0.4 is 0 Å². The van der Waals surface area contributed by atoms with E-state index in [4.69, 9.17) is 11.6 Å². The summed E-state index contributed by atoms with van der Waals surface area (Å²) in [5, 5.41) is 0.536. The Hall–Kier alpha value is -1.16. The molecule has 0 aliphatic heterocycles. The minimum absolute atomic E-state index is 0.536. The second kappa shape index (κ2) is 4.84. The molecule has 0 amide bonds. The van der Waals surface area contributed by atoms with Crippen LogP contribution in [-0.4, -0.2) is 4.98 Å². The number of aryl methyl sites for hydroxylation is 1. The van der Waals surface area contributed by atoms with Crippen molar-refractivity contribution in [2.75, 3.05) is 0 Å². The van der Waals surface area contributed by atoms with E-state index in [2.05, 4.69) is 36.2 Å². The average Bonchev–Trinajstić information content (AvgIpc) is 2.97. The van der Waals surface area contributed by atoms with Gasteiger partial charge in [-0.2, -0.15) is 0 Å². The standard InChI is InChI=1S/C14H10ClNS2/c1-9-2-3-12(17-9)13-5-4-11(18-13)10-6-7-16-14(15)8-10/h2-8H,1H3. The predicted molar refractivity (Wildman–Crippen MR) is 80.6 cm³/mol. The van der Waals surface area contributed by atoms with Crippen molar-refractivity contribution in [3.05, 3.63) is 52.6 Å². The molecule has 0 spiro atoms. The van der Waals surface area contributed by atoms with Crippen LogP contribution in [0.15, 0.2) is 42.6 Å². The summed E-state index contributed by atoms with van der Waals surface area (Å²) in [4.78, 5) is 9.19. The molecular formula is C14H10ClNS2. The smallest absolute Gasteiger partial charge is 0.129 e. The van der Waals surface area contributed by atoms with Crippen LogP contribution >= 0.6 is 34.3 Å². The van der Waals surface area contributed by atoms with E-state index in [9.17, 15) is 0 Å². The van der Waals surface area contributed by atoms with Gasteiger partial charge in [0.1, 0.15) is 5.15 Å². The Kier molecular flexibility index (Phi) is 3.20. The third-order valence-electron chi connectivity index (χ3n) is 2.60. The van der Waals surface area contributed by atoms with Crippen molar-refractivity contribution in [2.45, 2.75) is 6.92 Å². The van der Waals surface area contributed by atoms with Gasteiger partial charge in [-0.3, -0.25) is 0 Å². The highest BCUT2D eigenvalue weighted by Gasteiger charge is 2.07. The van der Waals surface area contributed by atoms with Gasteiger partial charge in [0, 0.05) is 25.7 Å². The first-order valence-corrected chi connectivity index (χ1v) is 7.52. The number of hydrogen-bond acceptors (Lipinski definition) is 3. The quantitative estimate of drug-likeness (QED) is 0.568. The fourth-order valence-electron chi connectivity index (χ4n) is 1.75. The molecule has 0 N–H and O–H groups in total. The molecule has 0 saturated carbocycles. The number of pyridine rings is 1. The number of aromatic nitrogens is 1. The van der Waals surface area contributed by atoms with Crippen LogP contribution in [0.2, 0.25) is 5.15 Å². The number of nitrogens with zero attached hydrogens (tertiary/aromatic N) is 1. The van der Waals surface area contributed by atoms with Gasteiger partial charge in [-0.05, 0) is 48.9 Å². The highest BCUT2D eigenvalue weighted by atomic mass is 35.5. The summed E-state index contributed by atoms with van der Waals surface area (Å²) in [6.07, 6.45) is 1.74. The summed E-state index contributed by atoms with van der Waals surface area (Å²) in [5.74, 6) is 0. The van der Waals surface area contributed by atoms with E-state index in [1.54, 1.807) is 17.5 Å². The normalized spacial score (nSPS) is 10.8. The van der Waals surface area contributed by atoms with Gasteiger partial charge in [0.15, 0.2) is 0 Å². The van der Waals surface area contributed by atoms with Gasteiger partial charge in [0.05, 0.1) is 0 Å². The molecule has 4 heteroatoms. The maximum absolute atomic E-state index is 5.92. The molecule has 0 bridgehead atoms. The molecule has 0 atom stereocenters. The Morgan fingerprint density at radius 2 is 1.67 bits per heavy atom. The van der Waals surface area contributed by atoms with E-state index < -0.39 is 0 Å². The molecule has 0 saturated heterocycles. The van der Waals surface area contributed by atoms with E-state index in [0.717, 1.165) is 5.56 Å². The van der Waals surface area contributed by atoms with Gasteiger partial charge in [-0.15, -0.1) is 22.7 Å². The molecule has 90 valence electrons. The lowest BCUT2D eigenvalue weighted by Crippen LogP contribution is -1.75. The van der Waals surface area contributed by atoms with E-state index in [-0.39, 0.29) is 0 Å². The Bertz CT molecular complexity index is 684. The maximum Gasteiger partial charge on any atom is 0.129 e. The van der Waals surface area contributed by atoms with Crippen molar-refractivity contribution in [1.82, 2.24) is 4.98 Å². The molecule has 0 unspecified atom stereocenters. The summed E-state index contributed by atoms with van der Waals surface area (Å²) in [6.45, 7) is 2.13. The second-order valence-corrected chi connectivity index (χ2v) is 6.70. The summed E-state index contributed by atoms with van der Waals surface area (Å²) in [6, 6.07) is 12.5. The highest BCUT2D eigenvalue weighted by molar-refractivity contribution is 7.23. The summed E-state index contributed by atoms with van der Waals surface area (Å²) < 4.78 is 0. The first-order chi connectivity index (χ1) is 8.72. The molecule has 3 aromatic heterocycles. The molecule has 0 fully saturated rings. The first-order valence-electron chi connectivity index (χ1n) is 5.51. The maximum atomic E-state index is 5.92. The van der Waals surface area contributed by atoms with E-state index in [1.807, 2.05) is 23.5 Å². The van der Waals surface area contributed by atoms with Gasteiger partial charge in [0.2, 0.25) is 0 Å². The van der Waals surface area contributed by atoms with Crippen LogP contribution in [0.3, 0.4) is 0 Å². The summed E-state index contributed by atoms with van der Waals surface area (Å²) in [5.41, 5.74) is 1.12. The first kappa shape index (κ1) is 11.9. The number of rotatable bonds is 2. The molecule has 0 radical (unpaired) electrons.